The van der Waals surface area contributed by atoms with Crippen LogP contribution in [0.5, 0.6) is 0 Å². The zero-order chi connectivity index (χ0) is 102. The Hall–Kier alpha value is -1.17. The number of methoxy groups -OCH3 is 2. The van der Waals surface area contributed by atoms with Gasteiger partial charge >= 0.3 is 11.6 Å². The highest BCUT2D eigenvalue weighted by Crippen LogP contribution is 2.57. The molecule has 4 heterocycles. The summed E-state index contributed by atoms with van der Waals surface area (Å²) in [5.41, 5.74) is 10.2. The number of rotatable bonds is 54. The van der Waals surface area contributed by atoms with Gasteiger partial charge in [0.05, 0.1) is 130 Å². The molecule has 8 unspecified atom stereocenters. The fraction of sp³-hybridized carbons (Fsp3) is 0.673. The average Bonchev–Trinajstić information content (AvgIpc) is 1.04. The highest BCUT2D eigenvalue weighted by Gasteiger charge is 2.50. The highest BCUT2D eigenvalue weighted by atomic mass is 127. The van der Waals surface area contributed by atoms with Crippen molar-refractivity contribution in [3.63, 3.8) is 0 Å². The van der Waals surface area contributed by atoms with Crippen LogP contribution in [0.2, 0.25) is 0 Å². The van der Waals surface area contributed by atoms with Crippen molar-refractivity contribution in [3.8, 4) is 0 Å². The molecule has 0 aromatic heterocycles. The van der Waals surface area contributed by atoms with Gasteiger partial charge in [0.2, 0.25) is 0 Å². The van der Waals surface area contributed by atoms with Crippen molar-refractivity contribution < 1.29 is 98.5 Å². The fourth-order valence-corrected chi connectivity index (χ4v) is 26.9. The number of sulfone groups is 1. The second-order valence-electron chi connectivity index (χ2n) is 38.0. The highest BCUT2D eigenvalue weighted by molar-refractivity contribution is 14.1. The van der Waals surface area contributed by atoms with Gasteiger partial charge in [-0.3, -0.25) is 8.37 Å². The summed E-state index contributed by atoms with van der Waals surface area (Å²) in [7, 11) is 5.14. The zero-order valence-electron chi connectivity index (χ0n) is 83.9. The summed E-state index contributed by atoms with van der Waals surface area (Å²) >= 11 is 1.40. The predicted octanol–water partition coefficient (Wildman–Crippen LogP) is 25.8. The number of aldehydes is 1. The third kappa shape index (κ3) is 41.9. The molecule has 25 atom stereocenters. The monoisotopic (exact) mass is 2240 g/mol. The van der Waals surface area contributed by atoms with Crippen molar-refractivity contribution in [2.45, 2.75) is 389 Å². The SMILES string of the molecule is C.C=C(C)[C@H](C)C[C@@H](CC[C@@H]1O[C@@H](CCCOP)CC1=C)OS(=O)(=O)c1c(C(C)C)cc(C(C)C)cc1C(C)C.C=C1C[C@H](CCCOP)OC1CC[C@H](C[C@@H](C)C(=C)[C@H](O)CC1O[C@H](C[C@@H](CC)OP(P)P)[C@H](OC)[C@H]1CS(=O)(=O)c1ccccc1)OS(=O)(=O)c1c(C(C)C)cc(C(C)C)cc1C(C)C.CC[C@H](C[C@H]1O[C@@H](CC=O)[C@H](Cc2ccccc2)[C@H]1OC)OP(P)P.CI.O=S=O. The Bertz CT molecular complexity index is 4550. The summed E-state index contributed by atoms with van der Waals surface area (Å²) in [5, 5.41) is 12.0. The van der Waals surface area contributed by atoms with E-state index in [-0.39, 0.29) is 132 Å². The number of alkyl halides is 1. The molecule has 4 saturated heterocycles. The Morgan fingerprint density at radius 1 is 0.544 bits per heavy atom. The molecule has 0 saturated carbocycles. The van der Waals surface area contributed by atoms with Crippen LogP contribution >= 0.6 is 92.3 Å². The maximum absolute atomic E-state index is 14.8. The molecule has 4 aliphatic heterocycles. The normalized spacial score (nSPS) is 22.4. The molecule has 0 amide bonds. The quantitative estimate of drug-likeness (QED) is 0.00817. The number of hydrogen-bond donors (Lipinski definition) is 1. The number of carbonyl (C=O) groups is 1. The van der Waals surface area contributed by atoms with Gasteiger partial charge in [-0.15, -0.1) is 0 Å². The molecule has 35 heteroatoms. The van der Waals surface area contributed by atoms with E-state index in [4.69, 9.17) is 63.3 Å². The molecule has 776 valence electrons. The minimum atomic E-state index is -4.31. The van der Waals surface area contributed by atoms with Gasteiger partial charge in [0, 0.05) is 70.7 Å². The topological polar surface area (TPSA) is 285 Å². The van der Waals surface area contributed by atoms with E-state index in [1.165, 1.54) is 5.56 Å². The molecule has 0 bridgehead atoms. The van der Waals surface area contributed by atoms with Gasteiger partial charge in [-0.1, -0.05) is 281 Å². The van der Waals surface area contributed by atoms with Crippen LogP contribution in [0, 0.1) is 23.7 Å². The summed E-state index contributed by atoms with van der Waals surface area (Å²) in [6.07, 6.45) is 8.71. The van der Waals surface area contributed by atoms with Crippen LogP contribution in [0.15, 0.2) is 148 Å². The van der Waals surface area contributed by atoms with Gasteiger partial charge in [0.1, 0.15) is 16.1 Å². The Balaban J connectivity index is 0.000000571. The molecular weight excluding hydrogens is 2070 g/mol. The molecule has 8 rings (SSSR count). The first-order chi connectivity index (χ1) is 63.7. The molecule has 4 fully saturated rings. The van der Waals surface area contributed by atoms with Gasteiger partial charge in [-0.25, -0.2) is 8.42 Å². The molecule has 136 heavy (non-hydrogen) atoms. The van der Waals surface area contributed by atoms with Gasteiger partial charge in [0.25, 0.3) is 20.2 Å². The average molecular weight is 2240 g/mol. The van der Waals surface area contributed by atoms with Crippen LogP contribution in [0.25, 0.3) is 0 Å². The van der Waals surface area contributed by atoms with Crippen LogP contribution < -0.4 is 0 Å². The lowest BCUT2D eigenvalue weighted by molar-refractivity contribution is -0.111. The second kappa shape index (κ2) is 65.5. The Kier molecular flexibility index (Phi) is 62.1. The lowest BCUT2D eigenvalue weighted by atomic mass is 9.86. The number of hydrogen-bond acceptors (Lipinski definition) is 22. The maximum Gasteiger partial charge on any atom is 0.335 e. The summed E-state index contributed by atoms with van der Waals surface area (Å²) in [6, 6.07) is 26.8. The van der Waals surface area contributed by atoms with Crippen LogP contribution in [0.3, 0.4) is 0 Å². The third-order valence-electron chi connectivity index (χ3n) is 25.8. The number of halogens is 1. The lowest BCUT2D eigenvalue weighted by Crippen LogP contribution is -2.37. The summed E-state index contributed by atoms with van der Waals surface area (Å²) in [5.74, 6) is -0.515. The molecule has 22 nitrogen and oxygen atoms in total. The minimum Gasteiger partial charge on any atom is -0.389 e. The van der Waals surface area contributed by atoms with E-state index in [9.17, 15) is 35.2 Å². The number of aliphatic hydroxyl groups excluding tert-OH is 1. The molecule has 4 aliphatic rings. The van der Waals surface area contributed by atoms with Crippen LogP contribution in [0.1, 0.15) is 315 Å². The van der Waals surface area contributed by atoms with E-state index in [1.54, 1.807) is 44.6 Å². The second-order valence-corrected chi connectivity index (χ2v) is 55.4. The maximum atomic E-state index is 14.8. The van der Waals surface area contributed by atoms with E-state index in [0.29, 0.717) is 74.5 Å². The largest absolute Gasteiger partial charge is 0.389 e. The van der Waals surface area contributed by atoms with Crippen LogP contribution in [-0.4, -0.2) is 175 Å². The zero-order valence-corrected chi connectivity index (χ0v) is 98.0. The van der Waals surface area contributed by atoms with E-state index in [1.807, 2.05) is 111 Å². The lowest BCUT2D eigenvalue weighted by Gasteiger charge is -2.29. The van der Waals surface area contributed by atoms with E-state index in [2.05, 4.69) is 169 Å². The van der Waals surface area contributed by atoms with Gasteiger partial charge in [0.15, 0.2) is 9.84 Å². The molecular formula is C101H169IO22P8S4. The number of ether oxygens (including phenoxy) is 6. The molecule has 0 spiro atoms. The van der Waals surface area contributed by atoms with Crippen molar-refractivity contribution in [3.05, 3.63) is 172 Å². The van der Waals surface area contributed by atoms with Gasteiger partial charge in [-0.05, 0) is 223 Å². The van der Waals surface area contributed by atoms with E-state index in [0.717, 1.165) is 121 Å². The summed E-state index contributed by atoms with van der Waals surface area (Å²) < 4.78 is 175. The number of benzene rings is 4. The molecule has 0 radical (unpaired) electrons. The summed E-state index contributed by atoms with van der Waals surface area (Å²) in [6.45, 7) is 53.2. The first-order valence-electron chi connectivity index (χ1n) is 47.6. The van der Waals surface area contributed by atoms with E-state index >= 15 is 0 Å². The fourth-order valence-electron chi connectivity index (χ4n) is 18.1. The third-order valence-corrected chi connectivity index (χ3v) is 33.7. The van der Waals surface area contributed by atoms with Gasteiger partial charge < -0.3 is 56.4 Å². The number of allylic oxidation sites excluding steroid dienone is 1. The first kappa shape index (κ1) is 129. The minimum absolute atomic E-state index is 0. The van der Waals surface area contributed by atoms with Crippen molar-refractivity contribution >= 4 is 140 Å². The molecule has 4 aromatic carbocycles. The Labute approximate surface area is 854 Å². The summed E-state index contributed by atoms with van der Waals surface area (Å²) in [4.78, 5) is 13.9. The number of carbonyl (C=O) groups excluding carboxylic acids is 1. The smallest absolute Gasteiger partial charge is 0.335 e. The molecule has 4 aromatic rings. The predicted molar refractivity (Wildman–Crippen MR) is 590 cm³/mol. The van der Waals surface area contributed by atoms with Crippen molar-refractivity contribution in [2.75, 3.05) is 38.1 Å². The first-order valence-corrected chi connectivity index (χ1v) is 64.8. The van der Waals surface area contributed by atoms with Crippen molar-refractivity contribution in [2.24, 2.45) is 23.7 Å². The Morgan fingerprint density at radius 2 is 0.919 bits per heavy atom. The standard InChI is InChI=1S/C49H80O11P4S2.C32H53O5PS.C18H29O4P3.CH3I.CH4.O2S/c1-12-37(59-64(62)63)27-47-48(55-11)43(29-65(51,52)40-18-14-13-15-19-40)46(58-47)28-44(50)35(10)33(8)23-39(20-21-45-34(9)24-38(57-45)17-16-22-56-61)60-66(53,54)49-41(31(4)5)25-36(30(2)3)26-42(49)32(6)7;1-20(2)24(9)16-28(13-14-31-25(10)17-27(36-31)12-11-15-35-38)37-39(33,34)32-29(22(5)6)18-26(21(3)4)19-30(32)23(7)8;1-3-14(22-25(23)24)12-17-18(20-2)15(16(21-17)9-10-19)11-13-7-5-4-6-8-13;1-2;;1-3-2/h13-15,18-19,25-26,30-33,37-39,43-48,50H,9-10,12,16-17,20-24,27-29,61-63H2,1-8,11H3;18-19,21-24,27-28,31H,1,10-17,38H2,2-9H3;4-8,10,14-18H,3,9,11-12,23-24H2,1-2H3;1H3;1H4;/t33-,37-,38+,39-,43+,44-,45?,46?,47-,48-;24-,27+,28-,31+;14-,15+,16+,17-,18-;;;/m111.../s1. The molecule has 1 N–H and O–H groups in total. The van der Waals surface area contributed by atoms with Crippen LogP contribution in [0.4, 0.5) is 0 Å². The van der Waals surface area contributed by atoms with Gasteiger partial charge in [-0.2, -0.15) is 25.3 Å². The van der Waals surface area contributed by atoms with Crippen molar-refractivity contribution in [1.82, 2.24) is 0 Å². The number of aliphatic hydroxyl groups is 1. The van der Waals surface area contributed by atoms with Crippen molar-refractivity contribution in [1.29, 1.82) is 0 Å². The van der Waals surface area contributed by atoms with E-state index < -0.39 is 105 Å². The Morgan fingerprint density at radius 3 is 1.26 bits per heavy atom. The molecule has 0 aliphatic carbocycles. The van der Waals surface area contributed by atoms with Crippen LogP contribution in [-0.2, 0) is 108 Å².